The second-order valence-electron chi connectivity index (χ2n) is 4.61. The van der Waals surface area contributed by atoms with Crippen LogP contribution < -0.4 is 10.1 Å². The molecule has 0 amide bonds. The lowest BCUT2D eigenvalue weighted by molar-refractivity contribution is 0.410. The summed E-state index contributed by atoms with van der Waals surface area (Å²) in [6.45, 7) is 2.54. The lowest BCUT2D eigenvalue weighted by Gasteiger charge is -2.15. The van der Waals surface area contributed by atoms with E-state index in [0.717, 1.165) is 4.47 Å². The fourth-order valence-electron chi connectivity index (χ4n) is 1.93. The fraction of sp³-hybridized carbons (Fsp3) is 0.250. The average molecular weight is 338 g/mol. The highest BCUT2D eigenvalue weighted by Gasteiger charge is 2.08. The lowest BCUT2D eigenvalue weighted by Crippen LogP contribution is -2.18. The molecule has 0 saturated carbocycles. The summed E-state index contributed by atoms with van der Waals surface area (Å²) in [6, 6.07) is 13.2. The molecule has 2 aromatic rings. The van der Waals surface area contributed by atoms with E-state index in [9.17, 15) is 4.39 Å². The standard InChI is InChI=1S/C16H17BrFNO/c1-11(12-3-6-14(17)7-4-12)19-10-13-5-8-15(20-2)9-16(13)18/h3-9,11,19H,10H2,1-2H3. The molecule has 1 N–H and O–H groups in total. The number of methoxy groups -OCH3 is 1. The van der Waals surface area contributed by atoms with Crippen molar-refractivity contribution in [2.45, 2.75) is 19.5 Å². The molecule has 20 heavy (non-hydrogen) atoms. The molecule has 0 aliphatic rings. The quantitative estimate of drug-likeness (QED) is 0.870. The van der Waals surface area contributed by atoms with Crippen LogP contribution in [0.15, 0.2) is 46.9 Å². The van der Waals surface area contributed by atoms with E-state index in [1.54, 1.807) is 12.1 Å². The molecule has 0 spiro atoms. The number of nitrogens with one attached hydrogen (secondary N) is 1. The Bertz CT molecular complexity index is 571. The Hall–Kier alpha value is -1.39. The van der Waals surface area contributed by atoms with Gasteiger partial charge in [-0.2, -0.15) is 0 Å². The van der Waals surface area contributed by atoms with Crippen LogP contribution in [0, 0.1) is 5.82 Å². The predicted molar refractivity (Wildman–Crippen MR) is 82.3 cm³/mol. The highest BCUT2D eigenvalue weighted by Crippen LogP contribution is 2.19. The smallest absolute Gasteiger partial charge is 0.131 e. The topological polar surface area (TPSA) is 21.3 Å². The van der Waals surface area contributed by atoms with Gasteiger partial charge in [-0.3, -0.25) is 0 Å². The summed E-state index contributed by atoms with van der Waals surface area (Å²) in [5.74, 6) is 0.284. The van der Waals surface area contributed by atoms with Gasteiger partial charge in [-0.05, 0) is 30.7 Å². The van der Waals surface area contributed by atoms with E-state index in [1.165, 1.54) is 18.7 Å². The largest absolute Gasteiger partial charge is 0.497 e. The SMILES string of the molecule is COc1ccc(CNC(C)c2ccc(Br)cc2)c(F)c1. The first-order valence-electron chi connectivity index (χ1n) is 6.41. The Kier molecular flexibility index (Phi) is 5.15. The Balaban J connectivity index is 1.99. The minimum atomic E-state index is -0.250. The van der Waals surface area contributed by atoms with Gasteiger partial charge in [0.1, 0.15) is 11.6 Å². The first-order chi connectivity index (χ1) is 9.60. The molecule has 2 nitrogen and oxygen atoms in total. The zero-order valence-electron chi connectivity index (χ0n) is 11.5. The first kappa shape index (κ1) is 15.0. The van der Waals surface area contributed by atoms with E-state index in [2.05, 4.69) is 28.2 Å². The van der Waals surface area contributed by atoms with Crippen LogP contribution in [0.3, 0.4) is 0 Å². The van der Waals surface area contributed by atoms with Crippen molar-refractivity contribution in [2.75, 3.05) is 7.11 Å². The van der Waals surface area contributed by atoms with Crippen LogP contribution in [0.4, 0.5) is 4.39 Å². The van der Waals surface area contributed by atoms with Crippen LogP contribution in [-0.4, -0.2) is 7.11 Å². The predicted octanol–water partition coefficient (Wildman–Crippen LogP) is 4.45. The Morgan fingerprint density at radius 3 is 2.50 bits per heavy atom. The molecule has 0 saturated heterocycles. The minimum Gasteiger partial charge on any atom is -0.497 e. The molecular weight excluding hydrogens is 321 g/mol. The molecule has 0 bridgehead atoms. The van der Waals surface area contributed by atoms with Crippen molar-refractivity contribution in [2.24, 2.45) is 0 Å². The van der Waals surface area contributed by atoms with Crippen molar-refractivity contribution >= 4 is 15.9 Å². The van der Waals surface area contributed by atoms with E-state index in [0.29, 0.717) is 17.9 Å². The molecule has 4 heteroatoms. The van der Waals surface area contributed by atoms with Crippen molar-refractivity contribution in [3.05, 3.63) is 63.9 Å². The van der Waals surface area contributed by atoms with Crippen LogP contribution in [-0.2, 0) is 6.54 Å². The van der Waals surface area contributed by atoms with Crippen LogP contribution >= 0.6 is 15.9 Å². The van der Waals surface area contributed by atoms with Crippen LogP contribution in [0.5, 0.6) is 5.75 Å². The van der Waals surface area contributed by atoms with Gasteiger partial charge >= 0.3 is 0 Å². The lowest BCUT2D eigenvalue weighted by atomic mass is 10.1. The Labute approximate surface area is 127 Å². The van der Waals surface area contributed by atoms with E-state index in [1.807, 2.05) is 24.3 Å². The van der Waals surface area contributed by atoms with Crippen molar-refractivity contribution in [3.8, 4) is 5.75 Å². The number of halogens is 2. The average Bonchev–Trinajstić information content (AvgIpc) is 2.46. The molecule has 1 unspecified atom stereocenters. The Morgan fingerprint density at radius 2 is 1.90 bits per heavy atom. The maximum atomic E-state index is 13.8. The number of hydrogen-bond acceptors (Lipinski definition) is 2. The molecule has 0 heterocycles. The van der Waals surface area contributed by atoms with Gasteiger partial charge in [-0.1, -0.05) is 34.1 Å². The molecule has 0 aromatic heterocycles. The number of hydrogen-bond donors (Lipinski definition) is 1. The van der Waals surface area contributed by atoms with Crippen molar-refractivity contribution < 1.29 is 9.13 Å². The third-order valence-electron chi connectivity index (χ3n) is 3.23. The van der Waals surface area contributed by atoms with Crippen molar-refractivity contribution in [3.63, 3.8) is 0 Å². The minimum absolute atomic E-state index is 0.157. The van der Waals surface area contributed by atoms with Gasteiger partial charge in [0.15, 0.2) is 0 Å². The maximum absolute atomic E-state index is 13.8. The summed E-state index contributed by atoms with van der Waals surface area (Å²) in [4.78, 5) is 0. The molecule has 0 fully saturated rings. The highest BCUT2D eigenvalue weighted by atomic mass is 79.9. The van der Waals surface area contributed by atoms with Gasteiger partial charge in [0.05, 0.1) is 7.11 Å². The molecule has 0 aliphatic heterocycles. The van der Waals surface area contributed by atoms with Crippen LogP contribution in [0.25, 0.3) is 0 Å². The van der Waals surface area contributed by atoms with Gasteiger partial charge in [-0.15, -0.1) is 0 Å². The molecule has 1 atom stereocenters. The second-order valence-corrected chi connectivity index (χ2v) is 5.53. The maximum Gasteiger partial charge on any atom is 0.131 e. The second kappa shape index (κ2) is 6.86. The summed E-state index contributed by atoms with van der Waals surface area (Å²) in [6.07, 6.45) is 0. The molecule has 0 aliphatic carbocycles. The van der Waals surface area contributed by atoms with Crippen LogP contribution in [0.2, 0.25) is 0 Å². The summed E-state index contributed by atoms with van der Waals surface area (Å²) in [5.41, 5.74) is 1.80. The molecule has 106 valence electrons. The van der Waals surface area contributed by atoms with Gasteiger partial charge in [0, 0.05) is 28.7 Å². The van der Waals surface area contributed by atoms with Crippen LogP contribution in [0.1, 0.15) is 24.1 Å². The molecular formula is C16H17BrFNO. The fourth-order valence-corrected chi connectivity index (χ4v) is 2.20. The highest BCUT2D eigenvalue weighted by molar-refractivity contribution is 9.10. The summed E-state index contributed by atoms with van der Waals surface area (Å²) >= 11 is 3.41. The monoisotopic (exact) mass is 337 g/mol. The normalized spacial score (nSPS) is 12.2. The van der Waals surface area contributed by atoms with Crippen molar-refractivity contribution in [1.82, 2.24) is 5.32 Å². The zero-order chi connectivity index (χ0) is 14.5. The van der Waals surface area contributed by atoms with E-state index in [4.69, 9.17) is 4.74 Å². The van der Waals surface area contributed by atoms with Gasteiger partial charge in [0.25, 0.3) is 0 Å². The summed E-state index contributed by atoms with van der Waals surface area (Å²) in [5, 5.41) is 3.32. The number of rotatable bonds is 5. The van der Waals surface area contributed by atoms with E-state index in [-0.39, 0.29) is 11.9 Å². The number of ether oxygens (including phenoxy) is 1. The third-order valence-corrected chi connectivity index (χ3v) is 3.76. The zero-order valence-corrected chi connectivity index (χ0v) is 13.1. The van der Waals surface area contributed by atoms with E-state index < -0.39 is 0 Å². The molecule has 2 rings (SSSR count). The molecule has 0 radical (unpaired) electrons. The number of benzene rings is 2. The summed E-state index contributed by atoms with van der Waals surface area (Å²) < 4.78 is 19.9. The summed E-state index contributed by atoms with van der Waals surface area (Å²) in [7, 11) is 1.53. The van der Waals surface area contributed by atoms with Gasteiger partial charge < -0.3 is 10.1 Å². The molecule has 2 aromatic carbocycles. The van der Waals surface area contributed by atoms with E-state index >= 15 is 0 Å². The van der Waals surface area contributed by atoms with Gasteiger partial charge in [-0.25, -0.2) is 4.39 Å². The van der Waals surface area contributed by atoms with Crippen molar-refractivity contribution in [1.29, 1.82) is 0 Å². The third kappa shape index (κ3) is 3.81. The first-order valence-corrected chi connectivity index (χ1v) is 7.20. The Morgan fingerprint density at radius 1 is 1.20 bits per heavy atom. The van der Waals surface area contributed by atoms with Gasteiger partial charge in [0.2, 0.25) is 0 Å².